The second-order valence-electron chi connectivity index (χ2n) is 7.91. The molecule has 1 heterocycles. The van der Waals surface area contributed by atoms with Gasteiger partial charge < -0.3 is 19.1 Å². The first-order valence-electron chi connectivity index (χ1n) is 11.1. The lowest BCUT2D eigenvalue weighted by Crippen LogP contribution is -2.16. The fourth-order valence-corrected chi connectivity index (χ4v) is 3.75. The summed E-state index contributed by atoms with van der Waals surface area (Å²) in [4.78, 5) is 23.3. The Morgan fingerprint density at radius 3 is 2.56 bits per heavy atom. The third kappa shape index (κ3) is 6.43. The Morgan fingerprint density at radius 2 is 1.81 bits per heavy atom. The van der Waals surface area contributed by atoms with E-state index in [1.165, 1.54) is 0 Å². The van der Waals surface area contributed by atoms with E-state index < -0.39 is 12.1 Å². The van der Waals surface area contributed by atoms with E-state index in [1.807, 2.05) is 18.2 Å². The quantitative estimate of drug-likeness (QED) is 0.266. The molecule has 1 amide bonds. The molecule has 0 spiro atoms. The van der Waals surface area contributed by atoms with E-state index in [0.29, 0.717) is 51.2 Å². The fraction of sp³-hybridized carbons (Fsp3) is 0.148. The van der Waals surface area contributed by atoms with Crippen LogP contribution in [0.25, 0.3) is 11.3 Å². The smallest absolute Gasteiger partial charge is 0.411 e. The molecule has 1 aromatic heterocycles. The summed E-state index contributed by atoms with van der Waals surface area (Å²) in [5, 5.41) is 16.4. The number of carboxylic acids is 1. The maximum Gasteiger partial charge on any atom is 0.411 e. The highest BCUT2D eigenvalue weighted by Crippen LogP contribution is 2.32. The van der Waals surface area contributed by atoms with Crippen molar-refractivity contribution in [3.8, 4) is 22.8 Å². The molecular formula is C27H23ClN2O6. The minimum absolute atomic E-state index is 0.0835. The molecule has 0 aliphatic rings. The number of carbonyl (C=O) groups is 2. The summed E-state index contributed by atoms with van der Waals surface area (Å²) in [6.07, 6.45) is -0.223. The number of amides is 1. The highest BCUT2D eigenvalue weighted by Gasteiger charge is 2.18. The summed E-state index contributed by atoms with van der Waals surface area (Å²) in [5.41, 5.74) is 3.09. The van der Waals surface area contributed by atoms with E-state index in [-0.39, 0.29) is 13.0 Å². The standard InChI is InChI=1S/C27H23ClN2O6/c1-17-25(29-27(33)34-14-13-19-6-2-3-8-23(19)28)26(30-36-17)20-9-11-21(12-10-20)35-22-7-4-5-18(15-22)16-24(31)32/h2-12,15H,13-14,16H2,1H3,(H,29,33)(H,31,32). The van der Waals surface area contributed by atoms with Crippen molar-refractivity contribution in [2.24, 2.45) is 0 Å². The first kappa shape index (κ1) is 24.8. The van der Waals surface area contributed by atoms with Crippen molar-refractivity contribution >= 4 is 29.4 Å². The molecule has 36 heavy (non-hydrogen) atoms. The molecule has 2 N–H and O–H groups in total. The molecule has 184 valence electrons. The van der Waals surface area contributed by atoms with Gasteiger partial charge in [0.1, 0.15) is 22.9 Å². The predicted molar refractivity (Wildman–Crippen MR) is 135 cm³/mol. The summed E-state index contributed by atoms with van der Waals surface area (Å²) in [5.74, 6) is 0.609. The number of aromatic nitrogens is 1. The van der Waals surface area contributed by atoms with Crippen LogP contribution in [-0.2, 0) is 22.4 Å². The molecule has 4 rings (SSSR count). The lowest BCUT2D eigenvalue weighted by molar-refractivity contribution is -0.136. The Balaban J connectivity index is 1.39. The van der Waals surface area contributed by atoms with Crippen LogP contribution in [0, 0.1) is 6.92 Å². The van der Waals surface area contributed by atoms with E-state index in [4.69, 9.17) is 30.7 Å². The largest absolute Gasteiger partial charge is 0.481 e. The minimum atomic E-state index is -0.909. The molecule has 4 aromatic rings. The molecule has 3 aromatic carbocycles. The van der Waals surface area contributed by atoms with Crippen LogP contribution in [0.3, 0.4) is 0 Å². The number of carboxylic acid groups (broad SMARTS) is 1. The van der Waals surface area contributed by atoms with Gasteiger partial charge in [-0.3, -0.25) is 10.1 Å². The number of ether oxygens (including phenoxy) is 2. The fourth-order valence-electron chi connectivity index (χ4n) is 3.52. The average molecular weight is 507 g/mol. The highest BCUT2D eigenvalue weighted by atomic mass is 35.5. The van der Waals surface area contributed by atoms with Crippen LogP contribution in [0.5, 0.6) is 11.5 Å². The zero-order valence-electron chi connectivity index (χ0n) is 19.4. The molecule has 0 fully saturated rings. The Kier molecular flexibility index (Phi) is 7.87. The van der Waals surface area contributed by atoms with Crippen molar-refractivity contribution in [1.29, 1.82) is 0 Å². The number of benzene rings is 3. The van der Waals surface area contributed by atoms with Gasteiger partial charge in [0.15, 0.2) is 5.76 Å². The maximum absolute atomic E-state index is 12.4. The Bertz CT molecular complexity index is 1370. The van der Waals surface area contributed by atoms with E-state index in [2.05, 4.69) is 10.5 Å². The number of rotatable bonds is 9. The van der Waals surface area contributed by atoms with Gasteiger partial charge in [0.2, 0.25) is 0 Å². The third-order valence-corrected chi connectivity index (χ3v) is 5.64. The lowest BCUT2D eigenvalue weighted by atomic mass is 10.1. The summed E-state index contributed by atoms with van der Waals surface area (Å²) < 4.78 is 16.4. The van der Waals surface area contributed by atoms with Crippen molar-refractivity contribution < 1.29 is 28.7 Å². The average Bonchev–Trinajstić information content (AvgIpc) is 3.20. The molecule has 0 radical (unpaired) electrons. The second-order valence-corrected chi connectivity index (χ2v) is 8.32. The van der Waals surface area contributed by atoms with Crippen LogP contribution in [0.4, 0.5) is 10.5 Å². The number of nitrogens with one attached hydrogen (secondary N) is 1. The first-order valence-corrected chi connectivity index (χ1v) is 11.5. The zero-order chi connectivity index (χ0) is 25.5. The molecule has 0 aliphatic heterocycles. The second kappa shape index (κ2) is 11.4. The van der Waals surface area contributed by atoms with Crippen molar-refractivity contribution in [3.63, 3.8) is 0 Å². The van der Waals surface area contributed by atoms with Gasteiger partial charge in [0.25, 0.3) is 0 Å². The SMILES string of the molecule is Cc1onc(-c2ccc(Oc3cccc(CC(=O)O)c3)cc2)c1NC(=O)OCCc1ccccc1Cl. The topological polar surface area (TPSA) is 111 Å². The van der Waals surface area contributed by atoms with Gasteiger partial charge in [-0.15, -0.1) is 0 Å². The minimum Gasteiger partial charge on any atom is -0.481 e. The monoisotopic (exact) mass is 506 g/mol. The highest BCUT2D eigenvalue weighted by molar-refractivity contribution is 6.31. The molecule has 8 nitrogen and oxygen atoms in total. The number of hydrogen-bond donors (Lipinski definition) is 2. The number of carbonyl (C=O) groups excluding carboxylic acids is 1. The molecule has 0 aliphatic carbocycles. The van der Waals surface area contributed by atoms with E-state index in [0.717, 1.165) is 5.56 Å². The molecule has 0 saturated heterocycles. The number of aryl methyl sites for hydroxylation is 1. The van der Waals surface area contributed by atoms with E-state index in [1.54, 1.807) is 61.5 Å². The van der Waals surface area contributed by atoms with Crippen molar-refractivity contribution in [2.45, 2.75) is 19.8 Å². The summed E-state index contributed by atoms with van der Waals surface area (Å²) in [6, 6.07) is 21.3. The predicted octanol–water partition coefficient (Wildman–Crippen LogP) is 6.51. The number of nitrogens with zero attached hydrogens (tertiary/aromatic N) is 1. The normalized spacial score (nSPS) is 10.6. The van der Waals surface area contributed by atoms with Crippen molar-refractivity contribution in [2.75, 3.05) is 11.9 Å². The molecule has 0 bridgehead atoms. The maximum atomic E-state index is 12.4. The van der Waals surface area contributed by atoms with E-state index in [9.17, 15) is 9.59 Å². The van der Waals surface area contributed by atoms with Gasteiger partial charge >= 0.3 is 12.1 Å². The number of aliphatic carboxylic acids is 1. The molecule has 0 saturated carbocycles. The molecule has 0 atom stereocenters. The number of anilines is 1. The first-order chi connectivity index (χ1) is 17.4. The van der Waals surface area contributed by atoms with Gasteiger partial charge in [0, 0.05) is 17.0 Å². The van der Waals surface area contributed by atoms with Gasteiger partial charge in [-0.1, -0.05) is 47.1 Å². The Morgan fingerprint density at radius 1 is 1.03 bits per heavy atom. The Labute approximate surface area is 212 Å². The lowest BCUT2D eigenvalue weighted by Gasteiger charge is -2.09. The van der Waals surface area contributed by atoms with Crippen molar-refractivity contribution in [3.05, 3.63) is 94.7 Å². The Hall–Kier alpha value is -4.30. The number of halogens is 1. The molecule has 9 heteroatoms. The summed E-state index contributed by atoms with van der Waals surface area (Å²) in [6.45, 7) is 1.85. The van der Waals surface area contributed by atoms with Gasteiger partial charge in [-0.25, -0.2) is 4.79 Å². The van der Waals surface area contributed by atoms with Crippen LogP contribution in [0.2, 0.25) is 5.02 Å². The summed E-state index contributed by atoms with van der Waals surface area (Å²) in [7, 11) is 0. The van der Waals surface area contributed by atoms with Crippen LogP contribution in [-0.4, -0.2) is 28.9 Å². The zero-order valence-corrected chi connectivity index (χ0v) is 20.1. The van der Waals surface area contributed by atoms with Gasteiger partial charge in [-0.2, -0.15) is 0 Å². The number of hydrogen-bond acceptors (Lipinski definition) is 6. The van der Waals surface area contributed by atoms with Gasteiger partial charge in [-0.05, 0) is 60.5 Å². The van der Waals surface area contributed by atoms with Crippen LogP contribution in [0.15, 0.2) is 77.3 Å². The molecular weight excluding hydrogens is 484 g/mol. The van der Waals surface area contributed by atoms with Crippen LogP contribution in [0.1, 0.15) is 16.9 Å². The van der Waals surface area contributed by atoms with Crippen molar-refractivity contribution in [1.82, 2.24) is 5.16 Å². The molecule has 0 unspecified atom stereocenters. The third-order valence-electron chi connectivity index (χ3n) is 5.27. The van der Waals surface area contributed by atoms with Crippen LogP contribution >= 0.6 is 11.6 Å². The van der Waals surface area contributed by atoms with Gasteiger partial charge in [0.05, 0.1) is 13.0 Å². The van der Waals surface area contributed by atoms with Crippen LogP contribution < -0.4 is 10.1 Å². The van der Waals surface area contributed by atoms with E-state index >= 15 is 0 Å². The summed E-state index contributed by atoms with van der Waals surface area (Å²) >= 11 is 6.14.